The molecule has 52 heavy (non-hydrogen) atoms. The van der Waals surface area contributed by atoms with E-state index >= 15 is 0 Å². The molecule has 2 N–H and O–H groups in total. The number of hydrogen-bond acceptors (Lipinski definition) is 2. The molecule has 0 atom stereocenters. The van der Waals surface area contributed by atoms with Crippen molar-refractivity contribution >= 4 is 0 Å². The lowest BCUT2D eigenvalue weighted by Gasteiger charge is -2.31. The van der Waals surface area contributed by atoms with Gasteiger partial charge in [-0.25, -0.2) is 0 Å². The molecule has 0 fully saturated rings. The quantitative estimate of drug-likeness (QED) is 0.183. The van der Waals surface area contributed by atoms with Crippen molar-refractivity contribution in [1.82, 2.24) is 0 Å². The molecular weight excluding hydrogens is 633 g/mol. The van der Waals surface area contributed by atoms with E-state index in [1.807, 2.05) is 0 Å². The molecule has 0 bridgehead atoms. The Morgan fingerprint density at radius 2 is 0.654 bits per heavy atom. The maximum atomic E-state index is 13.0. The molecule has 0 amide bonds. The van der Waals surface area contributed by atoms with Crippen LogP contribution in [0.1, 0.15) is 200 Å². The van der Waals surface area contributed by atoms with Crippen LogP contribution in [0.5, 0.6) is 11.5 Å². The maximum absolute atomic E-state index is 13.0. The summed E-state index contributed by atoms with van der Waals surface area (Å²) < 4.78 is 0. The summed E-state index contributed by atoms with van der Waals surface area (Å²) in [6.45, 7) is 27.4. The normalized spacial score (nSPS) is 14.7. The summed E-state index contributed by atoms with van der Waals surface area (Å²) >= 11 is 0. The first-order chi connectivity index (χ1) is 24.6. The predicted octanol–water partition coefficient (Wildman–Crippen LogP) is 14.6. The molecule has 4 aromatic carbocycles. The number of phenols is 2. The zero-order valence-electron chi connectivity index (χ0n) is 34.5. The van der Waals surface area contributed by atoms with Crippen LogP contribution in [0.15, 0.2) is 36.4 Å². The Kier molecular flexibility index (Phi) is 11.1. The lowest BCUT2D eigenvalue weighted by Crippen LogP contribution is -2.12. The molecular formula is C50H66O2. The number of phenolic OH excluding ortho intramolecular Hbond substituents is 2. The van der Waals surface area contributed by atoms with Crippen molar-refractivity contribution in [1.29, 1.82) is 0 Å². The van der Waals surface area contributed by atoms with Crippen LogP contribution in [-0.4, -0.2) is 10.2 Å². The number of rotatable bonds is 9. The van der Waals surface area contributed by atoms with Gasteiger partial charge in [-0.15, -0.1) is 0 Å². The van der Waals surface area contributed by atoms with Gasteiger partial charge in [-0.2, -0.15) is 0 Å². The van der Waals surface area contributed by atoms with Crippen LogP contribution >= 0.6 is 0 Å². The molecule has 2 aliphatic rings. The van der Waals surface area contributed by atoms with Gasteiger partial charge in [0, 0.05) is 22.3 Å². The highest BCUT2D eigenvalue weighted by Crippen LogP contribution is 2.55. The molecule has 0 heterocycles. The molecule has 6 rings (SSSR count). The Hall–Kier alpha value is -3.52. The molecule has 2 nitrogen and oxygen atoms in total. The van der Waals surface area contributed by atoms with E-state index < -0.39 is 0 Å². The Morgan fingerprint density at radius 3 is 0.923 bits per heavy atom. The molecule has 0 radical (unpaired) electrons. The molecule has 2 heteroatoms. The van der Waals surface area contributed by atoms with Gasteiger partial charge in [0.05, 0.1) is 0 Å². The molecule has 278 valence electrons. The van der Waals surface area contributed by atoms with Crippen LogP contribution in [0, 0.1) is 0 Å². The van der Waals surface area contributed by atoms with E-state index in [9.17, 15) is 10.2 Å². The van der Waals surface area contributed by atoms with Crippen molar-refractivity contribution in [3.05, 3.63) is 92.0 Å². The largest absolute Gasteiger partial charge is 0.507 e. The van der Waals surface area contributed by atoms with Gasteiger partial charge in [-0.1, -0.05) is 107 Å². The van der Waals surface area contributed by atoms with Crippen LogP contribution in [-0.2, 0) is 25.7 Å². The number of aromatic hydroxyl groups is 2. The fraction of sp³-hybridized carbons (Fsp3) is 0.520. The van der Waals surface area contributed by atoms with E-state index in [0.29, 0.717) is 47.0 Å². The third-order valence-corrected chi connectivity index (χ3v) is 12.3. The van der Waals surface area contributed by atoms with Gasteiger partial charge in [0.15, 0.2) is 0 Å². The van der Waals surface area contributed by atoms with E-state index in [2.05, 4.69) is 119 Å². The molecule has 0 saturated heterocycles. The minimum Gasteiger partial charge on any atom is -0.507 e. The van der Waals surface area contributed by atoms with Gasteiger partial charge >= 0.3 is 0 Å². The van der Waals surface area contributed by atoms with Crippen LogP contribution in [0.25, 0.3) is 33.4 Å². The summed E-state index contributed by atoms with van der Waals surface area (Å²) in [6.07, 6.45) is 8.36. The van der Waals surface area contributed by atoms with E-state index in [1.165, 1.54) is 66.8 Å². The van der Waals surface area contributed by atoms with Crippen molar-refractivity contribution in [3.63, 3.8) is 0 Å². The van der Waals surface area contributed by atoms with Gasteiger partial charge in [0.25, 0.3) is 0 Å². The summed E-state index contributed by atoms with van der Waals surface area (Å²) in [5.41, 5.74) is 19.2. The summed E-state index contributed by atoms with van der Waals surface area (Å²) in [7, 11) is 0. The Bertz CT molecular complexity index is 1760. The third kappa shape index (κ3) is 6.85. The highest BCUT2D eigenvalue weighted by molar-refractivity contribution is 5.95. The lowest BCUT2D eigenvalue weighted by molar-refractivity contribution is 0.468. The monoisotopic (exact) mass is 699 g/mol. The fourth-order valence-corrected chi connectivity index (χ4v) is 9.24. The van der Waals surface area contributed by atoms with Crippen molar-refractivity contribution in [2.24, 2.45) is 0 Å². The molecule has 0 unspecified atom stereocenters. The zero-order valence-corrected chi connectivity index (χ0v) is 34.5. The first-order valence-electron chi connectivity index (χ1n) is 20.7. The number of aryl methyl sites for hydroxylation is 2. The van der Waals surface area contributed by atoms with Gasteiger partial charge < -0.3 is 10.2 Å². The summed E-state index contributed by atoms with van der Waals surface area (Å²) in [4.78, 5) is 0. The van der Waals surface area contributed by atoms with E-state index in [1.54, 1.807) is 0 Å². The SMILES string of the molecule is CC(C)c1cc(C(C)C)c(-c2cc3c(c(-c4c(O)c(-c5c(C(C)C)cc(C(C)C)cc5C(C)C)cc5c4CCCC5)c2O)CCCC3)c(C(C)C)c1. The molecule has 0 aromatic heterocycles. The Morgan fingerprint density at radius 1 is 0.365 bits per heavy atom. The minimum atomic E-state index is 0.298. The van der Waals surface area contributed by atoms with Crippen LogP contribution in [0.3, 0.4) is 0 Å². The smallest absolute Gasteiger partial charge is 0.131 e. The van der Waals surface area contributed by atoms with E-state index in [0.717, 1.165) is 73.6 Å². The summed E-state index contributed by atoms with van der Waals surface area (Å²) in [5, 5.41) is 26.0. The average molecular weight is 699 g/mol. The predicted molar refractivity (Wildman–Crippen MR) is 224 cm³/mol. The standard InChI is InChI=1S/C50H66O2/c1-27(2)35-23-39(29(5)6)45(40(24-35)30(7)8)43-21-33-17-13-15-19-37(33)47(49(43)51)48-38-20-16-14-18-34(38)22-44(50(48)52)46-41(31(9)10)25-36(28(3)4)26-42(46)32(11)12/h21-32,51-52H,13-20H2,1-12H3. The fourth-order valence-electron chi connectivity index (χ4n) is 9.24. The Balaban J connectivity index is 1.76. The van der Waals surface area contributed by atoms with E-state index in [4.69, 9.17) is 0 Å². The zero-order chi connectivity index (χ0) is 37.8. The third-order valence-electron chi connectivity index (χ3n) is 12.3. The van der Waals surface area contributed by atoms with Gasteiger partial charge in [0.2, 0.25) is 0 Å². The molecule has 2 aliphatic carbocycles. The number of fused-ring (bicyclic) bond motifs is 2. The second-order valence-corrected chi connectivity index (χ2v) is 18.1. The highest BCUT2D eigenvalue weighted by atomic mass is 16.3. The van der Waals surface area contributed by atoms with Crippen LogP contribution in [0.4, 0.5) is 0 Å². The van der Waals surface area contributed by atoms with Crippen LogP contribution in [0.2, 0.25) is 0 Å². The molecule has 0 spiro atoms. The molecule has 0 aliphatic heterocycles. The van der Waals surface area contributed by atoms with Crippen molar-refractivity contribution in [2.75, 3.05) is 0 Å². The minimum absolute atomic E-state index is 0.298. The first kappa shape index (κ1) is 38.2. The van der Waals surface area contributed by atoms with Gasteiger partial charge in [-0.3, -0.25) is 0 Å². The summed E-state index contributed by atoms with van der Waals surface area (Å²) in [5.74, 6) is 2.74. The van der Waals surface area contributed by atoms with Crippen molar-refractivity contribution < 1.29 is 10.2 Å². The average Bonchev–Trinajstić information content (AvgIpc) is 3.10. The second kappa shape index (κ2) is 15.1. The maximum Gasteiger partial charge on any atom is 0.131 e. The molecule has 0 saturated carbocycles. The lowest BCUT2D eigenvalue weighted by atomic mass is 9.74. The van der Waals surface area contributed by atoms with Crippen LogP contribution < -0.4 is 0 Å². The topological polar surface area (TPSA) is 40.5 Å². The van der Waals surface area contributed by atoms with Crippen molar-refractivity contribution in [2.45, 2.75) is 170 Å². The highest BCUT2D eigenvalue weighted by Gasteiger charge is 2.32. The first-order valence-corrected chi connectivity index (χ1v) is 20.7. The van der Waals surface area contributed by atoms with E-state index in [-0.39, 0.29) is 0 Å². The van der Waals surface area contributed by atoms with Gasteiger partial charge in [-0.05, 0) is 166 Å². The van der Waals surface area contributed by atoms with Gasteiger partial charge in [0.1, 0.15) is 11.5 Å². The number of benzene rings is 4. The Labute approximate surface area is 316 Å². The molecule has 4 aromatic rings. The second-order valence-electron chi connectivity index (χ2n) is 18.1. The number of hydrogen-bond donors (Lipinski definition) is 2. The summed E-state index contributed by atoms with van der Waals surface area (Å²) in [6, 6.07) is 14.3. The van der Waals surface area contributed by atoms with Crippen molar-refractivity contribution in [3.8, 4) is 44.9 Å².